The van der Waals surface area contributed by atoms with E-state index >= 15 is 0 Å². The second kappa shape index (κ2) is 11.2. The molecule has 0 unspecified atom stereocenters. The molecule has 1 saturated heterocycles. The van der Waals surface area contributed by atoms with Gasteiger partial charge in [-0.2, -0.15) is 0 Å². The first kappa shape index (κ1) is 21.6. The van der Waals surface area contributed by atoms with E-state index in [4.69, 9.17) is 5.11 Å². The zero-order valence-corrected chi connectivity index (χ0v) is 16.9. The third-order valence-electron chi connectivity index (χ3n) is 4.24. The lowest BCUT2D eigenvalue weighted by molar-refractivity contribution is -0.141. The van der Waals surface area contributed by atoms with Gasteiger partial charge in [0, 0.05) is 36.2 Å². The molecular weight excluding hydrogens is 388 g/mol. The second-order valence-electron chi connectivity index (χ2n) is 6.50. The summed E-state index contributed by atoms with van der Waals surface area (Å²) in [5, 5.41) is 14.8. The van der Waals surface area contributed by atoms with Crippen LogP contribution in [0.5, 0.6) is 0 Å². The van der Waals surface area contributed by atoms with Gasteiger partial charge in [-0.15, -0.1) is 0 Å². The van der Waals surface area contributed by atoms with Crippen LogP contribution in [0.3, 0.4) is 0 Å². The number of aromatic nitrogens is 2. The van der Waals surface area contributed by atoms with E-state index in [-0.39, 0.29) is 12.3 Å². The number of aromatic amines is 1. The number of nitrogens with one attached hydrogen (secondary N) is 3. The molecule has 8 nitrogen and oxygen atoms in total. The zero-order chi connectivity index (χ0) is 19.6. The van der Waals surface area contributed by atoms with Gasteiger partial charge >= 0.3 is 5.97 Å². The number of hydrogen-bond donors (Lipinski definition) is 4. The maximum Gasteiger partial charge on any atom is 0.325 e. The van der Waals surface area contributed by atoms with Crippen molar-refractivity contribution in [3.8, 4) is 0 Å². The monoisotopic (exact) mass is 414 g/mol. The number of hydrogen-bond acceptors (Lipinski definition) is 6. The highest BCUT2D eigenvalue weighted by Crippen LogP contribution is 2.39. The molecule has 4 N–H and O–H groups in total. The lowest BCUT2D eigenvalue weighted by Gasteiger charge is -2.19. The van der Waals surface area contributed by atoms with Crippen LogP contribution in [0.1, 0.15) is 44.9 Å². The van der Waals surface area contributed by atoms with Crippen LogP contribution >= 0.6 is 21.6 Å². The molecular formula is C17H26N4O4S2. The fourth-order valence-corrected chi connectivity index (χ4v) is 5.70. The number of carboxylic acid groups (broad SMARTS) is 1. The Morgan fingerprint density at radius 3 is 2.81 bits per heavy atom. The molecule has 0 saturated carbocycles. The highest BCUT2D eigenvalue weighted by atomic mass is 33.1. The second-order valence-corrected chi connectivity index (χ2v) is 9.29. The molecule has 0 radical (unpaired) electrons. The number of amides is 2. The molecule has 0 spiro atoms. The van der Waals surface area contributed by atoms with Gasteiger partial charge in [0.25, 0.3) is 0 Å². The molecule has 0 aliphatic carbocycles. The van der Waals surface area contributed by atoms with Crippen LogP contribution in [-0.2, 0) is 20.8 Å². The van der Waals surface area contributed by atoms with E-state index in [9.17, 15) is 14.4 Å². The maximum absolute atomic E-state index is 12.4. The van der Waals surface area contributed by atoms with Gasteiger partial charge in [0.05, 0.1) is 0 Å². The maximum atomic E-state index is 12.4. The van der Waals surface area contributed by atoms with Crippen molar-refractivity contribution in [1.29, 1.82) is 0 Å². The number of rotatable bonds is 11. The van der Waals surface area contributed by atoms with E-state index in [1.807, 2.05) is 21.6 Å². The topological polar surface area (TPSA) is 124 Å². The van der Waals surface area contributed by atoms with Crippen molar-refractivity contribution in [2.24, 2.45) is 0 Å². The summed E-state index contributed by atoms with van der Waals surface area (Å²) in [5.74, 6) is -0.121. The van der Waals surface area contributed by atoms with Gasteiger partial charge in [-0.3, -0.25) is 14.4 Å². The molecule has 1 aliphatic heterocycles. The summed E-state index contributed by atoms with van der Waals surface area (Å²) in [5.41, 5.74) is 0. The molecule has 1 fully saturated rings. The predicted octanol–water partition coefficient (Wildman–Crippen LogP) is 1.74. The number of carbonyl (C=O) groups excluding carboxylic acids is 2. The fourth-order valence-electron chi connectivity index (χ4n) is 2.68. The zero-order valence-electron chi connectivity index (χ0n) is 15.3. The van der Waals surface area contributed by atoms with Crippen molar-refractivity contribution in [1.82, 2.24) is 20.6 Å². The Hall–Kier alpha value is -1.68. The molecule has 1 aromatic heterocycles. The Morgan fingerprint density at radius 1 is 1.37 bits per heavy atom. The fraction of sp³-hybridized carbons (Fsp3) is 0.647. The van der Waals surface area contributed by atoms with Crippen molar-refractivity contribution in [2.45, 2.75) is 62.8 Å². The molecule has 10 heteroatoms. The largest absolute Gasteiger partial charge is 0.480 e. The first-order chi connectivity index (χ1) is 13.0. The third-order valence-corrected chi connectivity index (χ3v) is 7.25. The summed E-state index contributed by atoms with van der Waals surface area (Å²) in [6, 6.07) is -1.90. The highest BCUT2D eigenvalue weighted by molar-refractivity contribution is 8.77. The summed E-state index contributed by atoms with van der Waals surface area (Å²) in [4.78, 5) is 42.6. The van der Waals surface area contributed by atoms with Gasteiger partial charge in [0.1, 0.15) is 17.9 Å². The van der Waals surface area contributed by atoms with E-state index in [1.54, 1.807) is 12.4 Å². The number of nitrogens with zero attached hydrogens (tertiary/aromatic N) is 1. The molecule has 1 aliphatic rings. The number of unbranched alkanes of at least 4 members (excludes halogenated alkanes) is 1. The Labute approximate surface area is 166 Å². The highest BCUT2D eigenvalue weighted by Gasteiger charge is 2.25. The number of carbonyl (C=O) groups is 3. The minimum atomic E-state index is -1.13. The first-order valence-electron chi connectivity index (χ1n) is 9.04. The average Bonchev–Trinajstić information content (AvgIpc) is 3.31. The van der Waals surface area contributed by atoms with Crippen molar-refractivity contribution < 1.29 is 19.5 Å². The first-order valence-corrected chi connectivity index (χ1v) is 11.4. The molecule has 150 valence electrons. The van der Waals surface area contributed by atoms with Crippen LogP contribution in [0.25, 0.3) is 0 Å². The van der Waals surface area contributed by atoms with Crippen molar-refractivity contribution in [2.75, 3.05) is 5.75 Å². The quantitative estimate of drug-likeness (QED) is 0.321. The van der Waals surface area contributed by atoms with Crippen molar-refractivity contribution in [3.05, 3.63) is 18.2 Å². The van der Waals surface area contributed by atoms with E-state index in [0.717, 1.165) is 19.3 Å². The van der Waals surface area contributed by atoms with Gasteiger partial charge < -0.3 is 20.7 Å². The van der Waals surface area contributed by atoms with Gasteiger partial charge in [0.15, 0.2) is 0 Å². The standard InChI is InChI=1S/C17H26N4O4S2/c1-11(17(24)25)20-16(23)13(10-14-18-7-8-19-14)21-15(22)5-3-2-4-12-6-9-26-27-12/h7-8,11-13H,2-6,9-10H2,1H3,(H,18,19)(H,20,23)(H,21,22)(H,24,25)/t11-,12+,13-/m0/s1. The van der Waals surface area contributed by atoms with Crippen LogP contribution in [0.15, 0.2) is 12.4 Å². The SMILES string of the molecule is C[C@H](NC(=O)[C@H](Cc1ncc[nH]1)NC(=O)CCCC[C@@H]1CCSS1)C(=O)O. The Kier molecular flexibility index (Phi) is 8.99. The molecule has 2 rings (SSSR count). The normalized spacial score (nSPS) is 18.6. The van der Waals surface area contributed by atoms with Gasteiger partial charge in [-0.25, -0.2) is 4.98 Å². The minimum Gasteiger partial charge on any atom is -0.480 e. The average molecular weight is 415 g/mol. The number of aliphatic carboxylic acids is 1. The molecule has 0 bridgehead atoms. The van der Waals surface area contributed by atoms with Crippen LogP contribution in [0.2, 0.25) is 0 Å². The molecule has 2 amide bonds. The Balaban J connectivity index is 1.81. The molecule has 27 heavy (non-hydrogen) atoms. The summed E-state index contributed by atoms with van der Waals surface area (Å²) in [6.07, 6.45) is 7.81. The molecule has 2 heterocycles. The number of imidazole rings is 1. The molecule has 0 aromatic carbocycles. The lowest BCUT2D eigenvalue weighted by Crippen LogP contribution is -2.51. The summed E-state index contributed by atoms with van der Waals surface area (Å²) in [7, 11) is 3.84. The summed E-state index contributed by atoms with van der Waals surface area (Å²) >= 11 is 0. The Bertz CT molecular complexity index is 620. The molecule has 1 aromatic rings. The van der Waals surface area contributed by atoms with E-state index in [1.165, 1.54) is 19.1 Å². The van der Waals surface area contributed by atoms with Gasteiger partial charge in [-0.05, 0) is 26.2 Å². The third kappa shape index (κ3) is 7.84. The Morgan fingerprint density at radius 2 is 2.19 bits per heavy atom. The van der Waals surface area contributed by atoms with Crippen LogP contribution in [-0.4, -0.2) is 55.9 Å². The van der Waals surface area contributed by atoms with E-state index in [0.29, 0.717) is 17.5 Å². The predicted molar refractivity (Wildman–Crippen MR) is 106 cm³/mol. The minimum absolute atomic E-state index is 0.173. The van der Waals surface area contributed by atoms with Gasteiger partial charge in [-0.1, -0.05) is 28.0 Å². The lowest BCUT2D eigenvalue weighted by atomic mass is 10.1. The van der Waals surface area contributed by atoms with Crippen LogP contribution in [0.4, 0.5) is 0 Å². The smallest absolute Gasteiger partial charge is 0.325 e. The van der Waals surface area contributed by atoms with Gasteiger partial charge in [0.2, 0.25) is 11.8 Å². The van der Waals surface area contributed by atoms with E-state index in [2.05, 4.69) is 20.6 Å². The van der Waals surface area contributed by atoms with Crippen molar-refractivity contribution >= 4 is 39.4 Å². The van der Waals surface area contributed by atoms with Crippen LogP contribution < -0.4 is 10.6 Å². The van der Waals surface area contributed by atoms with E-state index < -0.39 is 24.0 Å². The summed E-state index contributed by atoms with van der Waals surface area (Å²) < 4.78 is 0. The molecule has 3 atom stereocenters. The van der Waals surface area contributed by atoms with Crippen LogP contribution in [0, 0.1) is 0 Å². The number of carboxylic acids is 1. The van der Waals surface area contributed by atoms with Crippen molar-refractivity contribution in [3.63, 3.8) is 0 Å². The summed E-state index contributed by atoms with van der Waals surface area (Å²) in [6.45, 7) is 1.38. The number of H-pyrrole nitrogens is 1.